The monoisotopic (exact) mass is 505 g/mol. The van der Waals surface area contributed by atoms with Crippen LogP contribution in [0.2, 0.25) is 0 Å². The summed E-state index contributed by atoms with van der Waals surface area (Å²) in [4.78, 5) is 39.4. The van der Waals surface area contributed by atoms with Gasteiger partial charge in [-0.2, -0.15) is 0 Å². The molecule has 1 aromatic carbocycles. The molecule has 0 aliphatic heterocycles. The van der Waals surface area contributed by atoms with Crippen LogP contribution in [-0.4, -0.2) is 65.6 Å². The second-order valence-corrected chi connectivity index (χ2v) is 9.64. The molecular weight excluding hydrogens is 478 g/mol. The molecule has 4 atom stereocenters. The van der Waals surface area contributed by atoms with Gasteiger partial charge >= 0.3 is 0 Å². The second-order valence-electron chi connectivity index (χ2n) is 7.73. The van der Waals surface area contributed by atoms with Crippen molar-refractivity contribution < 1.29 is 29.3 Å². The minimum absolute atomic E-state index is 0.130. The topological polar surface area (TPSA) is 151 Å². The Morgan fingerprint density at radius 1 is 1.26 bits per heavy atom. The van der Waals surface area contributed by atoms with Crippen molar-refractivity contribution in [2.24, 2.45) is 5.73 Å². The molecule has 0 fully saturated rings. The number of rotatable bonds is 9. The summed E-state index contributed by atoms with van der Waals surface area (Å²) in [7, 11) is 1.45. The molecule has 1 aliphatic rings. The van der Waals surface area contributed by atoms with E-state index >= 15 is 0 Å². The number of primary amides is 1. The fourth-order valence-corrected chi connectivity index (χ4v) is 4.76. The Balaban J connectivity index is 1.76. The standard InChI is InChI=1S/C23H27N3O6S2/c1-32-19-11-13(33-2)5-6-15(19)23(31)25-16-8-12(9-18(27)20(16)28)22(30)26-17(21(24)29)10-14-4-3-7-34-14/h3-8,11,16-18,20,27-28H,9-10H2,1-2H3,(H2,24,29)(H,25,31)(H,26,30)/t16-,17-,18+,20+/m0/s1. The lowest BCUT2D eigenvalue weighted by molar-refractivity contribution is -0.125. The van der Waals surface area contributed by atoms with Gasteiger partial charge in [0, 0.05) is 28.2 Å². The Morgan fingerprint density at radius 2 is 2.03 bits per heavy atom. The van der Waals surface area contributed by atoms with E-state index < -0.39 is 42.0 Å². The third kappa shape index (κ3) is 6.17. The maximum atomic E-state index is 12.9. The molecule has 0 unspecified atom stereocenters. The number of carbonyl (C=O) groups is 3. The number of methoxy groups -OCH3 is 1. The van der Waals surface area contributed by atoms with Gasteiger partial charge in [-0.1, -0.05) is 12.1 Å². The number of thioether (sulfide) groups is 1. The van der Waals surface area contributed by atoms with Crippen LogP contribution in [0.15, 0.2) is 52.3 Å². The second kappa shape index (κ2) is 11.5. The van der Waals surface area contributed by atoms with E-state index in [1.807, 2.05) is 23.8 Å². The summed E-state index contributed by atoms with van der Waals surface area (Å²) in [6.07, 6.45) is 0.765. The SMILES string of the molecule is COc1cc(SC)ccc1C(=O)N[C@H]1C=C(C(=O)N[C@@H](Cc2cccs2)C(N)=O)C[C@@H](O)[C@@H]1O. The predicted octanol–water partition coefficient (Wildman–Crippen LogP) is 0.842. The van der Waals surface area contributed by atoms with Crippen LogP contribution in [0.1, 0.15) is 21.7 Å². The minimum atomic E-state index is -1.32. The van der Waals surface area contributed by atoms with Gasteiger partial charge in [-0.05, 0) is 35.9 Å². The summed E-state index contributed by atoms with van der Waals surface area (Å²) in [6, 6.07) is 6.77. The molecule has 1 aromatic heterocycles. The van der Waals surface area contributed by atoms with Gasteiger partial charge < -0.3 is 31.3 Å². The van der Waals surface area contributed by atoms with Crippen molar-refractivity contribution in [2.45, 2.75) is 42.0 Å². The summed E-state index contributed by atoms with van der Waals surface area (Å²) >= 11 is 2.93. The number of nitrogens with two attached hydrogens (primary N) is 1. The van der Waals surface area contributed by atoms with Crippen LogP contribution in [0.3, 0.4) is 0 Å². The number of amides is 3. The summed E-state index contributed by atoms with van der Waals surface area (Å²) in [5, 5.41) is 27.9. The molecule has 3 amide bonds. The molecule has 9 nitrogen and oxygen atoms in total. The summed E-state index contributed by atoms with van der Waals surface area (Å²) in [6.45, 7) is 0. The molecule has 2 aromatic rings. The van der Waals surface area contributed by atoms with E-state index in [1.54, 1.807) is 18.2 Å². The van der Waals surface area contributed by atoms with Gasteiger partial charge in [-0.15, -0.1) is 23.1 Å². The Hall–Kier alpha value is -2.86. The Morgan fingerprint density at radius 3 is 2.65 bits per heavy atom. The number of hydrogen-bond donors (Lipinski definition) is 5. The molecule has 0 radical (unpaired) electrons. The van der Waals surface area contributed by atoms with E-state index in [-0.39, 0.29) is 24.0 Å². The van der Waals surface area contributed by atoms with Gasteiger partial charge in [-0.3, -0.25) is 14.4 Å². The average Bonchev–Trinajstić information content (AvgIpc) is 3.33. The highest BCUT2D eigenvalue weighted by Gasteiger charge is 2.35. The summed E-state index contributed by atoms with van der Waals surface area (Å²) < 4.78 is 5.31. The van der Waals surface area contributed by atoms with Crippen molar-refractivity contribution in [1.82, 2.24) is 10.6 Å². The third-order valence-corrected chi connectivity index (χ3v) is 7.07. The zero-order valence-corrected chi connectivity index (χ0v) is 20.3. The number of thiophene rings is 1. The van der Waals surface area contributed by atoms with Gasteiger partial charge in [-0.25, -0.2) is 0 Å². The number of hydrogen-bond acceptors (Lipinski definition) is 8. The normalized spacial score (nSPS) is 20.7. The molecule has 3 rings (SSSR count). The van der Waals surface area contributed by atoms with Crippen LogP contribution in [0, 0.1) is 0 Å². The molecule has 1 heterocycles. The van der Waals surface area contributed by atoms with Gasteiger partial charge in [0.25, 0.3) is 5.91 Å². The lowest BCUT2D eigenvalue weighted by Gasteiger charge is -2.31. The molecule has 0 spiro atoms. The number of ether oxygens (including phenoxy) is 1. The highest BCUT2D eigenvalue weighted by Crippen LogP contribution is 2.26. The zero-order valence-electron chi connectivity index (χ0n) is 18.7. The molecule has 1 aliphatic carbocycles. The van der Waals surface area contributed by atoms with Crippen molar-refractivity contribution in [3.8, 4) is 5.75 Å². The molecular formula is C23H27N3O6S2. The smallest absolute Gasteiger partial charge is 0.255 e. The van der Waals surface area contributed by atoms with Gasteiger partial charge in [0.2, 0.25) is 11.8 Å². The first-order valence-electron chi connectivity index (χ1n) is 10.5. The number of nitrogens with one attached hydrogen (secondary N) is 2. The number of benzene rings is 1. The van der Waals surface area contributed by atoms with E-state index in [0.717, 1.165) is 9.77 Å². The van der Waals surface area contributed by atoms with Gasteiger partial charge in [0.1, 0.15) is 17.9 Å². The Kier molecular flexibility index (Phi) is 8.72. The number of aliphatic hydroxyl groups is 2. The van der Waals surface area contributed by atoms with Gasteiger partial charge in [0.15, 0.2) is 0 Å². The van der Waals surface area contributed by atoms with Crippen LogP contribution in [0.5, 0.6) is 5.75 Å². The third-order valence-electron chi connectivity index (χ3n) is 5.45. The first kappa shape index (κ1) is 25.8. The molecule has 34 heavy (non-hydrogen) atoms. The zero-order chi connectivity index (χ0) is 24.8. The maximum absolute atomic E-state index is 12.9. The Bertz CT molecular complexity index is 1070. The first-order chi connectivity index (χ1) is 16.2. The van der Waals surface area contributed by atoms with Crippen molar-refractivity contribution in [1.29, 1.82) is 0 Å². The predicted molar refractivity (Wildman–Crippen MR) is 130 cm³/mol. The highest BCUT2D eigenvalue weighted by molar-refractivity contribution is 7.98. The number of aliphatic hydroxyl groups excluding tert-OH is 2. The van der Waals surface area contributed by atoms with Crippen molar-refractivity contribution in [3.05, 3.63) is 57.8 Å². The summed E-state index contributed by atoms with van der Waals surface area (Å²) in [5.74, 6) is -1.47. The molecule has 0 saturated heterocycles. The van der Waals surface area contributed by atoms with Crippen molar-refractivity contribution >= 4 is 40.8 Å². The van der Waals surface area contributed by atoms with Crippen molar-refractivity contribution in [3.63, 3.8) is 0 Å². The van der Waals surface area contributed by atoms with Crippen LogP contribution in [0.25, 0.3) is 0 Å². The van der Waals surface area contributed by atoms with E-state index in [9.17, 15) is 24.6 Å². The first-order valence-corrected chi connectivity index (χ1v) is 12.6. The largest absolute Gasteiger partial charge is 0.496 e. The molecule has 182 valence electrons. The molecule has 0 bridgehead atoms. The van der Waals surface area contributed by atoms with E-state index in [0.29, 0.717) is 5.75 Å². The molecule has 6 N–H and O–H groups in total. The fraction of sp³-hybridized carbons (Fsp3) is 0.348. The van der Waals surface area contributed by atoms with E-state index in [2.05, 4.69) is 10.6 Å². The maximum Gasteiger partial charge on any atom is 0.255 e. The molecule has 0 saturated carbocycles. The molecule has 11 heteroatoms. The van der Waals surface area contributed by atoms with Gasteiger partial charge in [0.05, 0.1) is 24.8 Å². The summed E-state index contributed by atoms with van der Waals surface area (Å²) in [5.41, 5.74) is 5.83. The highest BCUT2D eigenvalue weighted by atomic mass is 32.2. The van der Waals surface area contributed by atoms with E-state index in [1.165, 1.54) is 36.3 Å². The average molecular weight is 506 g/mol. The van der Waals surface area contributed by atoms with Crippen LogP contribution >= 0.6 is 23.1 Å². The number of carbonyl (C=O) groups excluding carboxylic acids is 3. The quantitative estimate of drug-likeness (QED) is 0.317. The lowest BCUT2D eigenvalue weighted by atomic mass is 9.89. The van der Waals surface area contributed by atoms with Crippen LogP contribution in [0.4, 0.5) is 0 Å². The van der Waals surface area contributed by atoms with Crippen LogP contribution < -0.4 is 21.1 Å². The minimum Gasteiger partial charge on any atom is -0.496 e. The van der Waals surface area contributed by atoms with E-state index in [4.69, 9.17) is 10.5 Å². The Labute approximate surface area is 205 Å². The van der Waals surface area contributed by atoms with Crippen molar-refractivity contribution in [2.75, 3.05) is 13.4 Å². The van der Waals surface area contributed by atoms with Crippen LogP contribution in [-0.2, 0) is 16.0 Å². The fourth-order valence-electron chi connectivity index (χ4n) is 3.58. The lowest BCUT2D eigenvalue weighted by Crippen LogP contribution is -2.52.